The van der Waals surface area contributed by atoms with E-state index in [1.807, 2.05) is 4.90 Å². The zero-order valence-electron chi connectivity index (χ0n) is 14.3. The molecule has 1 aliphatic rings. The Balaban J connectivity index is 0.00000312. The summed E-state index contributed by atoms with van der Waals surface area (Å²) in [4.78, 5) is 18.1. The summed E-state index contributed by atoms with van der Waals surface area (Å²) in [6, 6.07) is 1.73. The van der Waals surface area contributed by atoms with Crippen molar-refractivity contribution < 1.29 is 18.0 Å². The molecule has 1 aliphatic heterocycles. The van der Waals surface area contributed by atoms with E-state index in [0.717, 1.165) is 31.6 Å². The molecule has 1 heterocycles. The van der Waals surface area contributed by atoms with Crippen LogP contribution in [0.15, 0.2) is 17.1 Å². The van der Waals surface area contributed by atoms with Gasteiger partial charge in [-0.1, -0.05) is 13.8 Å². The van der Waals surface area contributed by atoms with Gasteiger partial charge in [0.25, 0.3) is 0 Å². The SMILES string of the molecule is CN=C(NCC(=O)Nc1ccc(F)c(F)c1F)N1CCC(C)(C)C1.I. The monoisotopic (exact) mass is 470 g/mol. The average Bonchev–Trinajstić information content (AvgIpc) is 2.88. The van der Waals surface area contributed by atoms with E-state index >= 15 is 0 Å². The number of amides is 1. The summed E-state index contributed by atoms with van der Waals surface area (Å²) < 4.78 is 39.6. The van der Waals surface area contributed by atoms with Gasteiger partial charge in [-0.2, -0.15) is 0 Å². The molecular formula is C16H22F3IN4O. The van der Waals surface area contributed by atoms with Crippen LogP contribution in [0.3, 0.4) is 0 Å². The summed E-state index contributed by atoms with van der Waals surface area (Å²) in [5, 5.41) is 5.10. The third-order valence-corrected chi connectivity index (χ3v) is 3.91. The average molecular weight is 470 g/mol. The van der Waals surface area contributed by atoms with Crippen molar-refractivity contribution >= 4 is 41.5 Å². The first-order chi connectivity index (χ1) is 11.2. The van der Waals surface area contributed by atoms with Crippen molar-refractivity contribution in [3.05, 3.63) is 29.6 Å². The number of nitrogens with zero attached hydrogens (tertiary/aromatic N) is 2. The predicted molar refractivity (Wildman–Crippen MR) is 102 cm³/mol. The highest BCUT2D eigenvalue weighted by Gasteiger charge is 2.31. The van der Waals surface area contributed by atoms with Crippen molar-refractivity contribution in [3.8, 4) is 0 Å². The van der Waals surface area contributed by atoms with Crippen LogP contribution >= 0.6 is 24.0 Å². The fourth-order valence-electron chi connectivity index (χ4n) is 2.60. The van der Waals surface area contributed by atoms with Gasteiger partial charge in [-0.15, -0.1) is 24.0 Å². The predicted octanol–water partition coefficient (Wildman–Crippen LogP) is 2.97. The van der Waals surface area contributed by atoms with Gasteiger partial charge in [0.2, 0.25) is 5.91 Å². The van der Waals surface area contributed by atoms with Crippen LogP contribution in [0.1, 0.15) is 20.3 Å². The van der Waals surface area contributed by atoms with E-state index in [9.17, 15) is 18.0 Å². The van der Waals surface area contributed by atoms with E-state index < -0.39 is 29.0 Å². The summed E-state index contributed by atoms with van der Waals surface area (Å²) >= 11 is 0. The Kier molecular flexibility index (Phi) is 7.51. The number of carbonyl (C=O) groups is 1. The largest absolute Gasteiger partial charge is 0.347 e. The second-order valence-electron chi connectivity index (χ2n) is 6.51. The van der Waals surface area contributed by atoms with Gasteiger partial charge >= 0.3 is 0 Å². The summed E-state index contributed by atoms with van der Waals surface area (Å²) in [5.41, 5.74) is -0.229. The Morgan fingerprint density at radius 3 is 2.52 bits per heavy atom. The summed E-state index contributed by atoms with van der Waals surface area (Å²) in [6.45, 7) is 5.78. The summed E-state index contributed by atoms with van der Waals surface area (Å²) in [7, 11) is 1.61. The zero-order chi connectivity index (χ0) is 17.9. The molecule has 0 radical (unpaired) electrons. The van der Waals surface area contributed by atoms with Crippen LogP contribution in [0, 0.1) is 22.9 Å². The molecule has 0 aromatic heterocycles. The minimum Gasteiger partial charge on any atom is -0.347 e. The van der Waals surface area contributed by atoms with Crippen molar-refractivity contribution in [2.75, 3.05) is 32.0 Å². The number of rotatable bonds is 3. The van der Waals surface area contributed by atoms with Gasteiger partial charge < -0.3 is 15.5 Å². The molecule has 0 spiro atoms. The fourth-order valence-corrected chi connectivity index (χ4v) is 2.60. The topological polar surface area (TPSA) is 56.7 Å². The molecule has 1 saturated heterocycles. The van der Waals surface area contributed by atoms with Crippen molar-refractivity contribution in [1.82, 2.24) is 10.2 Å². The Morgan fingerprint density at radius 2 is 1.96 bits per heavy atom. The Morgan fingerprint density at radius 1 is 1.28 bits per heavy atom. The zero-order valence-corrected chi connectivity index (χ0v) is 16.7. The number of aliphatic imine (C=N–C) groups is 1. The van der Waals surface area contributed by atoms with E-state index in [4.69, 9.17) is 0 Å². The maximum atomic E-state index is 13.5. The fraction of sp³-hybridized carbons (Fsp3) is 0.500. The van der Waals surface area contributed by atoms with Crippen LogP contribution in [0.2, 0.25) is 0 Å². The smallest absolute Gasteiger partial charge is 0.243 e. The number of carbonyl (C=O) groups excluding carboxylic acids is 1. The van der Waals surface area contributed by atoms with E-state index in [1.54, 1.807) is 7.05 Å². The number of hydrogen-bond donors (Lipinski definition) is 2. The minimum atomic E-state index is -1.61. The molecule has 1 aromatic carbocycles. The molecule has 2 N–H and O–H groups in total. The first-order valence-electron chi connectivity index (χ1n) is 7.62. The molecule has 0 aliphatic carbocycles. The Bertz CT molecular complexity index is 667. The third-order valence-electron chi connectivity index (χ3n) is 3.91. The Labute approximate surface area is 162 Å². The van der Waals surface area contributed by atoms with Crippen molar-refractivity contribution in [2.24, 2.45) is 10.4 Å². The van der Waals surface area contributed by atoms with E-state index in [2.05, 4.69) is 29.5 Å². The van der Waals surface area contributed by atoms with Gasteiger partial charge in [0.05, 0.1) is 12.2 Å². The number of benzene rings is 1. The summed E-state index contributed by atoms with van der Waals surface area (Å²) in [6.07, 6.45) is 1.01. The molecule has 2 rings (SSSR count). The first-order valence-corrected chi connectivity index (χ1v) is 7.62. The highest BCUT2D eigenvalue weighted by molar-refractivity contribution is 14.0. The van der Waals surface area contributed by atoms with Crippen LogP contribution in [0.4, 0.5) is 18.9 Å². The molecule has 0 saturated carbocycles. The molecule has 0 unspecified atom stereocenters. The van der Waals surface area contributed by atoms with Crippen LogP contribution in [0.25, 0.3) is 0 Å². The van der Waals surface area contributed by atoms with Crippen molar-refractivity contribution in [1.29, 1.82) is 0 Å². The standard InChI is InChI=1S/C16H21F3N4O.HI/c1-16(2)6-7-23(9-16)15(20-3)21-8-12(24)22-11-5-4-10(17)13(18)14(11)19;/h4-5H,6-9H2,1-3H3,(H,20,21)(H,22,24);1H. The Hall–Kier alpha value is -1.52. The van der Waals surface area contributed by atoms with Gasteiger partial charge in [0.15, 0.2) is 23.4 Å². The summed E-state index contributed by atoms with van der Waals surface area (Å²) in [5.74, 6) is -4.36. The molecule has 25 heavy (non-hydrogen) atoms. The highest BCUT2D eigenvalue weighted by atomic mass is 127. The molecule has 1 amide bonds. The van der Waals surface area contributed by atoms with E-state index in [-0.39, 0.29) is 35.9 Å². The van der Waals surface area contributed by atoms with Crippen LogP contribution in [0.5, 0.6) is 0 Å². The molecule has 5 nitrogen and oxygen atoms in total. The van der Waals surface area contributed by atoms with E-state index in [0.29, 0.717) is 5.96 Å². The maximum Gasteiger partial charge on any atom is 0.243 e. The third kappa shape index (κ3) is 5.48. The maximum absolute atomic E-state index is 13.5. The lowest BCUT2D eigenvalue weighted by Gasteiger charge is -2.23. The molecule has 0 atom stereocenters. The van der Waals surface area contributed by atoms with Gasteiger partial charge in [0.1, 0.15) is 0 Å². The number of nitrogens with one attached hydrogen (secondary N) is 2. The first kappa shape index (κ1) is 21.5. The second-order valence-corrected chi connectivity index (χ2v) is 6.51. The molecule has 0 bridgehead atoms. The van der Waals surface area contributed by atoms with Gasteiger partial charge in [-0.25, -0.2) is 13.2 Å². The van der Waals surface area contributed by atoms with Crippen LogP contribution in [-0.2, 0) is 4.79 Å². The van der Waals surface area contributed by atoms with Gasteiger partial charge in [-0.05, 0) is 24.0 Å². The number of guanidine groups is 1. The molecule has 140 valence electrons. The second kappa shape index (κ2) is 8.72. The molecule has 1 aromatic rings. The quantitative estimate of drug-likeness (QED) is 0.309. The number of halogens is 4. The van der Waals surface area contributed by atoms with Crippen LogP contribution < -0.4 is 10.6 Å². The normalized spacial score (nSPS) is 16.4. The number of likely N-dealkylation sites (tertiary alicyclic amines) is 1. The van der Waals surface area contributed by atoms with Gasteiger partial charge in [0, 0.05) is 20.1 Å². The lowest BCUT2D eigenvalue weighted by molar-refractivity contribution is -0.115. The molecule has 1 fully saturated rings. The van der Waals surface area contributed by atoms with Crippen molar-refractivity contribution in [2.45, 2.75) is 20.3 Å². The van der Waals surface area contributed by atoms with E-state index in [1.165, 1.54) is 0 Å². The lowest BCUT2D eigenvalue weighted by atomic mass is 9.93. The number of anilines is 1. The van der Waals surface area contributed by atoms with Crippen LogP contribution in [-0.4, -0.2) is 43.4 Å². The number of hydrogen-bond acceptors (Lipinski definition) is 2. The van der Waals surface area contributed by atoms with Crippen molar-refractivity contribution in [3.63, 3.8) is 0 Å². The minimum absolute atomic E-state index is 0. The highest BCUT2D eigenvalue weighted by Crippen LogP contribution is 2.28. The lowest BCUT2D eigenvalue weighted by Crippen LogP contribution is -2.43. The molecular weight excluding hydrogens is 448 g/mol. The van der Waals surface area contributed by atoms with Gasteiger partial charge in [-0.3, -0.25) is 9.79 Å². The molecule has 9 heteroatoms.